The summed E-state index contributed by atoms with van der Waals surface area (Å²) in [5, 5.41) is 0. The van der Waals surface area contributed by atoms with E-state index in [1.807, 2.05) is 0 Å². The molecule has 4 heteroatoms. The molecule has 20 aliphatic rings. The minimum Gasteiger partial charge on any atom is -0.295 e. The molecule has 27 atom stereocenters. The average molecular weight is 1510 g/mol. The first-order valence-electron chi connectivity index (χ1n) is 52.8. The van der Waals surface area contributed by atoms with Gasteiger partial charge in [-0.15, -0.1) is 0 Å². The van der Waals surface area contributed by atoms with Crippen molar-refractivity contribution in [1.29, 1.82) is 0 Å². The zero-order valence-corrected chi connectivity index (χ0v) is 74.1. The highest BCUT2D eigenvalue weighted by atomic mass is 15.3. The van der Waals surface area contributed by atoms with E-state index in [1.54, 1.807) is 315 Å². The number of hydrogen-bond donors (Lipinski definition) is 0. The molecule has 27 unspecified atom stereocenters. The summed E-state index contributed by atoms with van der Waals surface area (Å²) >= 11 is 0. The van der Waals surface area contributed by atoms with Gasteiger partial charge in [-0.05, 0) is 316 Å². The van der Waals surface area contributed by atoms with Crippen LogP contribution in [0.1, 0.15) is 428 Å². The molecule has 0 radical (unpaired) electrons. The van der Waals surface area contributed by atoms with Gasteiger partial charge in [0, 0.05) is 54.4 Å². The summed E-state index contributed by atoms with van der Waals surface area (Å²) in [7, 11) is 0. The van der Waals surface area contributed by atoms with Gasteiger partial charge in [-0.3, -0.25) is 14.7 Å². The van der Waals surface area contributed by atoms with Crippen molar-refractivity contribution in [2.75, 3.05) is 0 Å². The van der Waals surface area contributed by atoms with Crippen LogP contribution in [0.3, 0.4) is 0 Å². The fourth-order valence-electron chi connectivity index (χ4n) is 39.0. The van der Waals surface area contributed by atoms with Gasteiger partial charge in [0.05, 0.1) is 0 Å². The van der Waals surface area contributed by atoms with Crippen LogP contribution in [0.2, 0.25) is 17.5 Å². The molecule has 0 spiro atoms. The molecular formula is C106H178BN3. The van der Waals surface area contributed by atoms with E-state index in [1.165, 1.54) is 51.4 Å². The van der Waals surface area contributed by atoms with Gasteiger partial charge in [0.1, 0.15) is 0 Å². The molecule has 3 saturated heterocycles. The van der Waals surface area contributed by atoms with Crippen LogP contribution in [0.4, 0.5) is 0 Å². The highest BCUT2D eigenvalue weighted by molar-refractivity contribution is 6.65. The predicted molar refractivity (Wildman–Crippen MR) is 465 cm³/mol. The number of rotatable bonds is 10. The van der Waals surface area contributed by atoms with Crippen molar-refractivity contribution < 1.29 is 0 Å². The number of hydrogen-bond acceptors (Lipinski definition) is 3. The lowest BCUT2D eigenvalue weighted by molar-refractivity contribution is -0.158. The molecular weight excluding hydrogens is 1330 g/mol. The van der Waals surface area contributed by atoms with Crippen LogP contribution < -0.4 is 0 Å². The highest BCUT2D eigenvalue weighted by Gasteiger charge is 2.71. The van der Waals surface area contributed by atoms with E-state index in [2.05, 4.69) is 77.0 Å². The van der Waals surface area contributed by atoms with Crippen molar-refractivity contribution in [3.8, 4) is 0 Å². The van der Waals surface area contributed by atoms with Crippen LogP contribution in [0.5, 0.6) is 0 Å². The van der Waals surface area contributed by atoms with Crippen molar-refractivity contribution in [1.82, 2.24) is 14.7 Å². The SMILES string of the molecule is CC(C)(C)C1CC2CCC3CC(C(C)(C)C)CC4C(C5CCC6C(C5)B5C7CCC(N8C9CCCCC9C9CCCCC98)CC7N(C7C(C8CCCCC8)CC(C8CCCCC8)CC7C7CCCCC7)C7CC(C(C)(C)C)CC(C57)N6C5C(C6CCCCC6)CC(C6CCCCC6)CC5C5CCCCC5)CC(C1)C2C34. The van der Waals surface area contributed by atoms with Gasteiger partial charge < -0.3 is 0 Å². The molecule has 20 rings (SSSR count). The second kappa shape index (κ2) is 32.4. The molecule has 17 saturated carbocycles. The highest BCUT2D eigenvalue weighted by Crippen LogP contribution is 2.72. The molecule has 0 bridgehead atoms. The van der Waals surface area contributed by atoms with Crippen molar-refractivity contribution in [2.24, 2.45) is 164 Å². The van der Waals surface area contributed by atoms with Crippen molar-refractivity contribution in [3.63, 3.8) is 0 Å². The van der Waals surface area contributed by atoms with E-state index >= 15 is 0 Å². The topological polar surface area (TPSA) is 9.72 Å². The normalized spacial score (nSPS) is 49.2. The maximum atomic E-state index is 4.05. The molecule has 110 heavy (non-hydrogen) atoms. The van der Waals surface area contributed by atoms with E-state index in [0.717, 1.165) is 226 Å². The number of likely N-dealkylation sites (tertiary alicyclic amines) is 1. The lowest BCUT2D eigenvalue weighted by Gasteiger charge is -2.73. The van der Waals surface area contributed by atoms with Crippen LogP contribution in [0, 0.1) is 164 Å². The summed E-state index contributed by atoms with van der Waals surface area (Å²) < 4.78 is 0. The quantitative estimate of drug-likeness (QED) is 0.202. The Labute approximate surface area is 681 Å². The lowest BCUT2D eigenvalue weighted by atomic mass is 9.18. The van der Waals surface area contributed by atoms with Gasteiger partial charge >= 0.3 is 0 Å². The van der Waals surface area contributed by atoms with Crippen LogP contribution in [0.15, 0.2) is 0 Å². The zero-order valence-electron chi connectivity index (χ0n) is 74.1. The first-order chi connectivity index (χ1) is 53.5. The number of nitrogens with zero attached hydrogens (tertiary/aromatic N) is 3. The monoisotopic (exact) mass is 1500 g/mol. The van der Waals surface area contributed by atoms with Crippen molar-refractivity contribution in [2.45, 2.75) is 500 Å². The Bertz CT molecular complexity index is 2910. The number of fused-ring (bicyclic) bond motifs is 7. The van der Waals surface area contributed by atoms with E-state index < -0.39 is 0 Å². The van der Waals surface area contributed by atoms with Gasteiger partial charge in [-0.25, -0.2) is 0 Å². The summed E-state index contributed by atoms with van der Waals surface area (Å²) in [5.74, 6) is 27.4. The second-order valence-corrected chi connectivity index (χ2v) is 50.8. The molecule has 3 aliphatic heterocycles. The standard InChI is InChI=1S/C106H178BN3/c1-104(2,3)79-54-74-48-49-75-55-80(105(4,5)6)63-90-85(61-78(56-79)99(74)100(75)90)73-50-53-95-92(62-73)107-91-52-51-82(108-93-46-30-28-44-83(93)84-45-29-31-47-94(84)108)66-96(91)110(103-88(71-40-24-14-25-41-71)59-77(68-34-18-11-19-35-68)60-89(103)72-42-26-15-27-43-72)98-65-81(106(7,8)9)64-97(101(98)107)109(95)102-86(69-36-20-12-21-37-69)57-76(67-32-16-10-17-33-67)58-87(102)70-38-22-13-23-39-70/h67-103H,10-66H2,1-9H3. The van der Waals surface area contributed by atoms with Gasteiger partial charge in [0.25, 0.3) is 0 Å². The molecule has 620 valence electrons. The molecule has 0 aromatic rings. The van der Waals surface area contributed by atoms with Crippen molar-refractivity contribution >= 4 is 6.71 Å². The molecule has 20 fully saturated rings. The lowest BCUT2D eigenvalue weighted by Crippen LogP contribution is -2.77. The first kappa shape index (κ1) is 78.5. The summed E-state index contributed by atoms with van der Waals surface area (Å²) in [6.45, 7) is 25.9. The predicted octanol–water partition coefficient (Wildman–Crippen LogP) is 28.9. The average Bonchev–Trinajstić information content (AvgIpc) is 0.695. The van der Waals surface area contributed by atoms with Gasteiger partial charge in [-0.2, -0.15) is 0 Å². The fourth-order valence-corrected chi connectivity index (χ4v) is 39.0. The minimum absolute atomic E-state index is 0.332. The summed E-state index contributed by atoms with van der Waals surface area (Å²) in [6, 6.07) is 7.61. The van der Waals surface area contributed by atoms with Gasteiger partial charge in [0.15, 0.2) is 6.71 Å². The molecule has 0 amide bonds. The van der Waals surface area contributed by atoms with Crippen molar-refractivity contribution in [3.05, 3.63) is 0 Å². The first-order valence-corrected chi connectivity index (χ1v) is 52.8. The fraction of sp³-hybridized carbons (Fsp3) is 1.00. The summed E-state index contributed by atoms with van der Waals surface area (Å²) in [5.41, 5.74) is 1.20. The molecule has 0 aromatic heterocycles. The molecule has 17 aliphatic carbocycles. The van der Waals surface area contributed by atoms with Crippen LogP contribution in [-0.2, 0) is 0 Å². The van der Waals surface area contributed by atoms with E-state index in [0.29, 0.717) is 16.2 Å². The smallest absolute Gasteiger partial charge is 0.156 e. The summed E-state index contributed by atoms with van der Waals surface area (Å²) in [4.78, 5) is 11.7. The Morgan fingerprint density at radius 2 is 0.573 bits per heavy atom. The Morgan fingerprint density at radius 3 is 1.03 bits per heavy atom. The Balaban J connectivity index is 0.777. The zero-order chi connectivity index (χ0) is 74.5. The largest absolute Gasteiger partial charge is 0.295 e. The molecule has 3 nitrogen and oxygen atoms in total. The maximum Gasteiger partial charge on any atom is 0.156 e. The molecule has 3 heterocycles. The third kappa shape index (κ3) is 14.6. The summed E-state index contributed by atoms with van der Waals surface area (Å²) in [6.07, 6.45) is 90.1. The van der Waals surface area contributed by atoms with Crippen LogP contribution >= 0.6 is 0 Å². The van der Waals surface area contributed by atoms with E-state index in [9.17, 15) is 0 Å². The maximum absolute atomic E-state index is 4.05. The third-order valence-electron chi connectivity index (χ3n) is 43.5. The van der Waals surface area contributed by atoms with Crippen LogP contribution in [-0.4, -0.2) is 75.8 Å². The third-order valence-corrected chi connectivity index (χ3v) is 43.5. The van der Waals surface area contributed by atoms with Gasteiger partial charge in [0.2, 0.25) is 0 Å². The Hall–Kier alpha value is -0.0551. The van der Waals surface area contributed by atoms with E-state index in [4.69, 9.17) is 0 Å². The Morgan fingerprint density at radius 1 is 0.200 bits per heavy atom. The second-order valence-electron chi connectivity index (χ2n) is 50.8. The minimum atomic E-state index is 0.332. The molecule has 0 N–H and O–H groups in total. The Kier molecular flexibility index (Phi) is 23.1. The van der Waals surface area contributed by atoms with Gasteiger partial charge in [-0.1, -0.05) is 293 Å². The van der Waals surface area contributed by atoms with Crippen LogP contribution in [0.25, 0.3) is 0 Å². The van der Waals surface area contributed by atoms with E-state index in [-0.39, 0.29) is 0 Å². The molecule has 0 aromatic carbocycles.